The first-order chi connectivity index (χ1) is 9.92. The Bertz CT molecular complexity index is 450. The van der Waals surface area contributed by atoms with Crippen LogP contribution in [0.25, 0.3) is 0 Å². The van der Waals surface area contributed by atoms with E-state index in [1.165, 1.54) is 0 Å². The lowest BCUT2D eigenvalue weighted by Gasteiger charge is -2.19. The monoisotopic (exact) mass is 328 g/mol. The fourth-order valence-electron chi connectivity index (χ4n) is 2.04. The maximum absolute atomic E-state index is 12.3. The lowest BCUT2D eigenvalue weighted by atomic mass is 10.0. The van der Waals surface area contributed by atoms with Gasteiger partial charge in [0.25, 0.3) is 5.91 Å². The first-order valence-electron chi connectivity index (χ1n) is 7.66. The number of nitrogens with two attached hydrogens (primary N) is 1. The fourth-order valence-corrected chi connectivity index (χ4v) is 2.04. The normalized spacial score (nSPS) is 12.0. The first kappa shape index (κ1) is 20.7. The van der Waals surface area contributed by atoms with Crippen LogP contribution in [0.2, 0.25) is 0 Å². The standard InChI is InChI=1S/C17H28N2O2.ClH/c1-12(2)8-15(10-18)19-17(20)14-6-5-7-16(9-14)21-11-13(3)4;/h5-7,9,12-13,15H,8,10-11,18H2,1-4H3,(H,19,20);1H. The van der Waals surface area contributed by atoms with Crippen LogP contribution in [0.4, 0.5) is 0 Å². The van der Waals surface area contributed by atoms with Gasteiger partial charge in [-0.05, 0) is 36.5 Å². The van der Waals surface area contributed by atoms with E-state index in [1.54, 1.807) is 12.1 Å². The minimum atomic E-state index is -0.0962. The third-order valence-corrected chi connectivity index (χ3v) is 3.06. The third-order valence-electron chi connectivity index (χ3n) is 3.06. The summed E-state index contributed by atoms with van der Waals surface area (Å²) in [6.45, 7) is 9.52. The van der Waals surface area contributed by atoms with E-state index < -0.39 is 0 Å². The second-order valence-electron chi connectivity index (χ2n) is 6.27. The Morgan fingerprint density at radius 3 is 2.45 bits per heavy atom. The number of benzene rings is 1. The van der Waals surface area contributed by atoms with Crippen molar-refractivity contribution in [2.24, 2.45) is 17.6 Å². The highest BCUT2D eigenvalue weighted by Crippen LogP contribution is 2.15. The maximum Gasteiger partial charge on any atom is 0.251 e. The lowest BCUT2D eigenvalue weighted by molar-refractivity contribution is 0.0933. The molecule has 4 nitrogen and oxygen atoms in total. The molecular formula is C17H29ClN2O2. The number of hydrogen-bond acceptors (Lipinski definition) is 3. The number of halogens is 1. The zero-order valence-corrected chi connectivity index (χ0v) is 14.8. The number of carbonyl (C=O) groups excluding carboxylic acids is 1. The molecule has 1 aromatic rings. The van der Waals surface area contributed by atoms with E-state index in [0.717, 1.165) is 12.2 Å². The van der Waals surface area contributed by atoms with Crippen molar-refractivity contribution < 1.29 is 9.53 Å². The number of hydrogen-bond donors (Lipinski definition) is 2. The molecule has 126 valence electrons. The lowest BCUT2D eigenvalue weighted by Crippen LogP contribution is -2.41. The van der Waals surface area contributed by atoms with E-state index in [2.05, 4.69) is 33.0 Å². The van der Waals surface area contributed by atoms with Crippen molar-refractivity contribution in [2.45, 2.75) is 40.2 Å². The Labute approximate surface area is 140 Å². The van der Waals surface area contributed by atoms with E-state index in [0.29, 0.717) is 30.6 Å². The van der Waals surface area contributed by atoms with E-state index in [1.807, 2.05) is 12.1 Å². The van der Waals surface area contributed by atoms with Crippen LogP contribution in [0, 0.1) is 11.8 Å². The van der Waals surface area contributed by atoms with Crippen LogP contribution in [-0.4, -0.2) is 25.1 Å². The molecule has 0 aliphatic heterocycles. The Hall–Kier alpha value is -1.26. The highest BCUT2D eigenvalue weighted by Gasteiger charge is 2.14. The molecule has 0 aromatic heterocycles. The van der Waals surface area contributed by atoms with E-state index in [9.17, 15) is 4.79 Å². The summed E-state index contributed by atoms with van der Waals surface area (Å²) in [5, 5.41) is 2.99. The van der Waals surface area contributed by atoms with Crippen molar-refractivity contribution in [1.82, 2.24) is 5.32 Å². The number of ether oxygens (including phenoxy) is 1. The predicted octanol–water partition coefficient (Wildman–Crippen LogP) is 3.25. The minimum absolute atomic E-state index is 0. The quantitative estimate of drug-likeness (QED) is 0.770. The molecule has 0 radical (unpaired) electrons. The van der Waals surface area contributed by atoms with Gasteiger partial charge < -0.3 is 15.8 Å². The summed E-state index contributed by atoms with van der Waals surface area (Å²) >= 11 is 0. The summed E-state index contributed by atoms with van der Waals surface area (Å²) in [5.74, 6) is 1.58. The van der Waals surface area contributed by atoms with Gasteiger partial charge in [-0.25, -0.2) is 0 Å². The van der Waals surface area contributed by atoms with Crippen LogP contribution in [0.1, 0.15) is 44.5 Å². The van der Waals surface area contributed by atoms with Gasteiger partial charge in [-0.3, -0.25) is 4.79 Å². The molecule has 0 saturated carbocycles. The topological polar surface area (TPSA) is 64.3 Å². The van der Waals surface area contributed by atoms with Crippen LogP contribution < -0.4 is 15.8 Å². The van der Waals surface area contributed by atoms with Crippen LogP contribution >= 0.6 is 12.4 Å². The van der Waals surface area contributed by atoms with E-state index in [-0.39, 0.29) is 24.4 Å². The zero-order chi connectivity index (χ0) is 15.8. The summed E-state index contributed by atoms with van der Waals surface area (Å²) in [4.78, 5) is 12.3. The molecule has 1 unspecified atom stereocenters. The Kier molecular flexibility index (Phi) is 9.86. The molecule has 0 bridgehead atoms. The smallest absolute Gasteiger partial charge is 0.251 e. The largest absolute Gasteiger partial charge is 0.493 e. The fraction of sp³-hybridized carbons (Fsp3) is 0.588. The van der Waals surface area contributed by atoms with Crippen molar-refractivity contribution in [3.05, 3.63) is 29.8 Å². The van der Waals surface area contributed by atoms with Gasteiger partial charge in [0, 0.05) is 18.2 Å². The number of rotatable bonds is 8. The maximum atomic E-state index is 12.3. The predicted molar refractivity (Wildman–Crippen MR) is 93.8 cm³/mol. The summed E-state index contributed by atoms with van der Waals surface area (Å²) in [6, 6.07) is 7.29. The number of nitrogens with one attached hydrogen (secondary N) is 1. The van der Waals surface area contributed by atoms with Crippen LogP contribution in [0.5, 0.6) is 5.75 Å². The Morgan fingerprint density at radius 1 is 1.23 bits per heavy atom. The molecule has 0 heterocycles. The molecule has 1 amide bonds. The molecular weight excluding hydrogens is 300 g/mol. The highest BCUT2D eigenvalue weighted by molar-refractivity contribution is 5.94. The van der Waals surface area contributed by atoms with Crippen LogP contribution in [-0.2, 0) is 0 Å². The first-order valence-corrected chi connectivity index (χ1v) is 7.66. The minimum Gasteiger partial charge on any atom is -0.493 e. The molecule has 0 aliphatic carbocycles. The third kappa shape index (κ3) is 7.66. The average Bonchev–Trinajstić information content (AvgIpc) is 2.44. The van der Waals surface area contributed by atoms with Gasteiger partial charge in [0.05, 0.1) is 6.61 Å². The van der Waals surface area contributed by atoms with Crippen molar-refractivity contribution >= 4 is 18.3 Å². The number of amides is 1. The molecule has 1 atom stereocenters. The van der Waals surface area contributed by atoms with Crippen molar-refractivity contribution in [3.8, 4) is 5.75 Å². The molecule has 0 fully saturated rings. The van der Waals surface area contributed by atoms with Gasteiger partial charge in [0.15, 0.2) is 0 Å². The van der Waals surface area contributed by atoms with Gasteiger partial charge >= 0.3 is 0 Å². The summed E-state index contributed by atoms with van der Waals surface area (Å²) < 4.78 is 5.65. The SMILES string of the molecule is CC(C)COc1cccc(C(=O)NC(CN)CC(C)C)c1.Cl. The van der Waals surface area contributed by atoms with Gasteiger partial charge in [0.2, 0.25) is 0 Å². The second kappa shape index (κ2) is 10.5. The van der Waals surface area contributed by atoms with E-state index in [4.69, 9.17) is 10.5 Å². The van der Waals surface area contributed by atoms with Crippen LogP contribution in [0.3, 0.4) is 0 Å². The summed E-state index contributed by atoms with van der Waals surface area (Å²) in [5.41, 5.74) is 6.33. The van der Waals surface area contributed by atoms with Crippen molar-refractivity contribution in [1.29, 1.82) is 0 Å². The molecule has 0 spiro atoms. The zero-order valence-electron chi connectivity index (χ0n) is 14.0. The summed E-state index contributed by atoms with van der Waals surface area (Å²) in [6.07, 6.45) is 0.881. The summed E-state index contributed by atoms with van der Waals surface area (Å²) in [7, 11) is 0. The number of carbonyl (C=O) groups is 1. The van der Waals surface area contributed by atoms with Gasteiger partial charge in [-0.2, -0.15) is 0 Å². The van der Waals surface area contributed by atoms with Crippen LogP contribution in [0.15, 0.2) is 24.3 Å². The van der Waals surface area contributed by atoms with Gasteiger partial charge in [0.1, 0.15) is 5.75 Å². The Morgan fingerprint density at radius 2 is 1.91 bits per heavy atom. The Balaban J connectivity index is 0.00000441. The van der Waals surface area contributed by atoms with Gasteiger partial charge in [-0.1, -0.05) is 33.8 Å². The van der Waals surface area contributed by atoms with E-state index >= 15 is 0 Å². The molecule has 0 aliphatic rings. The molecule has 1 rings (SSSR count). The highest BCUT2D eigenvalue weighted by atomic mass is 35.5. The molecule has 0 saturated heterocycles. The van der Waals surface area contributed by atoms with Gasteiger partial charge in [-0.15, -0.1) is 12.4 Å². The van der Waals surface area contributed by atoms with Crippen molar-refractivity contribution in [2.75, 3.05) is 13.2 Å². The molecule has 3 N–H and O–H groups in total. The average molecular weight is 329 g/mol. The molecule has 1 aromatic carbocycles. The second-order valence-corrected chi connectivity index (χ2v) is 6.27. The molecule has 22 heavy (non-hydrogen) atoms. The molecule has 5 heteroatoms. The van der Waals surface area contributed by atoms with Crippen molar-refractivity contribution in [3.63, 3.8) is 0 Å².